The molecule has 2 aromatic heterocycles. The molecule has 2 heterocycles. The van der Waals surface area contributed by atoms with Gasteiger partial charge in [-0.3, -0.25) is 0 Å². The Morgan fingerprint density at radius 3 is 1.67 bits per heavy atom. The van der Waals surface area contributed by atoms with Gasteiger partial charge >= 0.3 is 11.9 Å². The lowest BCUT2D eigenvalue weighted by atomic mass is 10.2. The predicted molar refractivity (Wildman–Crippen MR) is 110 cm³/mol. The number of benzene rings is 1. The van der Waals surface area contributed by atoms with E-state index in [4.69, 9.17) is 9.47 Å². The first-order valence-electron chi connectivity index (χ1n) is 9.39. The molecule has 0 saturated heterocycles. The lowest BCUT2D eigenvalue weighted by molar-refractivity contribution is 0.0584. The topological polar surface area (TPSA) is 91.5 Å². The number of carbonyl (C=O) groups excluding carboxylic acids is 2. The van der Waals surface area contributed by atoms with Crippen molar-refractivity contribution in [3.05, 3.63) is 64.7 Å². The van der Waals surface area contributed by atoms with Crippen molar-refractivity contribution in [3.8, 4) is 0 Å². The molecule has 0 amide bonds. The molecule has 9 heteroatoms. The number of rotatable bonds is 7. The second kappa shape index (κ2) is 8.81. The Balaban J connectivity index is 1.93. The normalized spacial score (nSPS) is 10.7. The summed E-state index contributed by atoms with van der Waals surface area (Å²) in [4.78, 5) is 25.7. The van der Waals surface area contributed by atoms with E-state index < -0.39 is 11.9 Å². The summed E-state index contributed by atoms with van der Waals surface area (Å²) in [5.74, 6) is -0.964. The quantitative estimate of drug-likeness (QED) is 0.552. The maximum atomic E-state index is 11.8. The molecule has 1 aromatic carbocycles. The molecule has 158 valence electrons. The predicted octanol–water partition coefficient (Wildman–Crippen LogP) is 2.70. The number of hydrogen-bond donors (Lipinski definition) is 0. The molecule has 0 unspecified atom stereocenters. The second-order valence-electron chi connectivity index (χ2n) is 6.98. The van der Waals surface area contributed by atoms with Gasteiger partial charge in [-0.25, -0.2) is 19.0 Å². The van der Waals surface area contributed by atoms with Crippen molar-refractivity contribution in [2.75, 3.05) is 19.1 Å². The third kappa shape index (κ3) is 4.51. The molecule has 0 saturated carbocycles. The summed E-state index contributed by atoms with van der Waals surface area (Å²) in [6.45, 7) is 6.52. The molecule has 9 nitrogen and oxygen atoms in total. The van der Waals surface area contributed by atoms with Crippen LogP contribution in [0.3, 0.4) is 0 Å². The summed E-state index contributed by atoms with van der Waals surface area (Å²) in [5, 5.41) is 8.74. The van der Waals surface area contributed by atoms with E-state index in [0.29, 0.717) is 13.3 Å². The van der Waals surface area contributed by atoms with Crippen LogP contribution in [0.25, 0.3) is 0 Å². The number of carbonyl (C=O) groups is 2. The van der Waals surface area contributed by atoms with Crippen molar-refractivity contribution >= 4 is 17.6 Å². The van der Waals surface area contributed by atoms with Gasteiger partial charge < -0.3 is 14.4 Å². The standard InChI is InChI=1S/C21H25N5O4/c1-14-6-8-17(9-7-14)24(12-25-15(2)10-18(22-25)20(27)29-4)13-26-16(3)11-19(23-26)21(28)30-5/h6-11H,12-13H2,1-5H3. The lowest BCUT2D eigenvalue weighted by Gasteiger charge is -2.26. The largest absolute Gasteiger partial charge is 0.464 e. The van der Waals surface area contributed by atoms with Crippen LogP contribution in [0.15, 0.2) is 36.4 Å². The summed E-state index contributed by atoms with van der Waals surface area (Å²) in [6, 6.07) is 11.4. The van der Waals surface area contributed by atoms with Gasteiger partial charge in [-0.1, -0.05) is 17.7 Å². The fraction of sp³-hybridized carbons (Fsp3) is 0.333. The Bertz CT molecular complexity index is 990. The Hall–Kier alpha value is -3.62. The first kappa shape index (κ1) is 21.1. The fourth-order valence-electron chi connectivity index (χ4n) is 3.00. The number of methoxy groups -OCH3 is 2. The zero-order valence-corrected chi connectivity index (χ0v) is 17.7. The van der Waals surface area contributed by atoms with Crippen molar-refractivity contribution in [1.82, 2.24) is 19.6 Å². The van der Waals surface area contributed by atoms with Crippen molar-refractivity contribution in [2.24, 2.45) is 0 Å². The Morgan fingerprint density at radius 2 is 1.27 bits per heavy atom. The Labute approximate surface area is 174 Å². The average Bonchev–Trinajstić information content (AvgIpc) is 3.29. The van der Waals surface area contributed by atoms with E-state index in [9.17, 15) is 9.59 Å². The zero-order chi connectivity index (χ0) is 21.8. The van der Waals surface area contributed by atoms with Gasteiger partial charge in [0.2, 0.25) is 0 Å². The Kier molecular flexibility index (Phi) is 6.20. The van der Waals surface area contributed by atoms with E-state index >= 15 is 0 Å². The summed E-state index contributed by atoms with van der Waals surface area (Å²) in [6.07, 6.45) is 0. The molecule has 0 aliphatic heterocycles. The van der Waals surface area contributed by atoms with Gasteiger partial charge in [0, 0.05) is 17.1 Å². The van der Waals surface area contributed by atoms with Crippen LogP contribution in [0.4, 0.5) is 5.69 Å². The molecule has 0 N–H and O–H groups in total. The van der Waals surface area contributed by atoms with Crippen molar-refractivity contribution < 1.29 is 19.1 Å². The molecule has 3 aromatic rings. The molecule has 0 bridgehead atoms. The van der Waals surface area contributed by atoms with Gasteiger partial charge in [0.05, 0.1) is 14.2 Å². The Morgan fingerprint density at radius 1 is 0.833 bits per heavy atom. The van der Waals surface area contributed by atoms with E-state index in [2.05, 4.69) is 10.2 Å². The van der Waals surface area contributed by atoms with Gasteiger partial charge in [-0.2, -0.15) is 10.2 Å². The van der Waals surface area contributed by atoms with E-state index in [1.54, 1.807) is 21.5 Å². The molecule has 0 aliphatic rings. The average molecular weight is 411 g/mol. The molecular weight excluding hydrogens is 386 g/mol. The van der Waals surface area contributed by atoms with Crippen LogP contribution >= 0.6 is 0 Å². The highest BCUT2D eigenvalue weighted by atomic mass is 16.5. The number of ether oxygens (including phenoxy) is 2. The summed E-state index contributed by atoms with van der Waals surface area (Å²) < 4.78 is 13.0. The first-order chi connectivity index (χ1) is 14.3. The summed E-state index contributed by atoms with van der Waals surface area (Å²) in [5.41, 5.74) is 4.24. The van der Waals surface area contributed by atoms with Crippen LogP contribution in [0.2, 0.25) is 0 Å². The summed E-state index contributed by atoms with van der Waals surface area (Å²) in [7, 11) is 2.66. The number of hydrogen-bond acceptors (Lipinski definition) is 7. The van der Waals surface area contributed by atoms with Crippen LogP contribution in [0, 0.1) is 20.8 Å². The van der Waals surface area contributed by atoms with Crippen LogP contribution in [0.5, 0.6) is 0 Å². The molecule has 0 fully saturated rings. The highest BCUT2D eigenvalue weighted by Gasteiger charge is 2.18. The zero-order valence-electron chi connectivity index (χ0n) is 17.7. The van der Waals surface area contributed by atoms with E-state index in [0.717, 1.165) is 22.6 Å². The maximum absolute atomic E-state index is 11.8. The van der Waals surface area contributed by atoms with Crippen molar-refractivity contribution in [1.29, 1.82) is 0 Å². The molecule has 0 aliphatic carbocycles. The molecule has 0 radical (unpaired) electrons. The molecule has 0 spiro atoms. The minimum atomic E-state index is -0.482. The number of aryl methyl sites for hydroxylation is 3. The van der Waals surface area contributed by atoms with Gasteiger partial charge in [0.15, 0.2) is 11.4 Å². The fourth-order valence-corrected chi connectivity index (χ4v) is 3.00. The van der Waals surface area contributed by atoms with Gasteiger partial charge in [0.1, 0.15) is 13.3 Å². The third-order valence-electron chi connectivity index (χ3n) is 4.76. The number of esters is 2. The van der Waals surface area contributed by atoms with E-state index in [1.807, 2.05) is 49.9 Å². The van der Waals surface area contributed by atoms with Gasteiger partial charge in [-0.15, -0.1) is 0 Å². The highest BCUT2D eigenvalue weighted by Crippen LogP contribution is 2.19. The lowest BCUT2D eigenvalue weighted by Crippen LogP contribution is -2.31. The molecule has 3 rings (SSSR count). The van der Waals surface area contributed by atoms with Crippen molar-refractivity contribution in [2.45, 2.75) is 34.1 Å². The number of nitrogens with zero attached hydrogens (tertiary/aromatic N) is 5. The SMILES string of the molecule is COC(=O)c1cc(C)n(CN(Cn2nc(C(=O)OC)cc2C)c2ccc(C)cc2)n1. The van der Waals surface area contributed by atoms with Gasteiger partial charge in [0.25, 0.3) is 0 Å². The first-order valence-corrected chi connectivity index (χ1v) is 9.39. The van der Waals surface area contributed by atoms with Crippen LogP contribution in [0.1, 0.15) is 37.9 Å². The number of anilines is 1. The monoisotopic (exact) mass is 411 g/mol. The van der Waals surface area contributed by atoms with Crippen LogP contribution in [-0.2, 0) is 22.8 Å². The third-order valence-corrected chi connectivity index (χ3v) is 4.76. The van der Waals surface area contributed by atoms with Crippen LogP contribution in [-0.4, -0.2) is 45.7 Å². The smallest absolute Gasteiger partial charge is 0.358 e. The minimum Gasteiger partial charge on any atom is -0.464 e. The van der Waals surface area contributed by atoms with Crippen molar-refractivity contribution in [3.63, 3.8) is 0 Å². The maximum Gasteiger partial charge on any atom is 0.358 e. The molecule has 0 atom stereocenters. The number of aromatic nitrogens is 4. The van der Waals surface area contributed by atoms with Gasteiger partial charge in [-0.05, 0) is 45.0 Å². The van der Waals surface area contributed by atoms with E-state index in [-0.39, 0.29) is 11.4 Å². The molecule has 30 heavy (non-hydrogen) atoms. The highest BCUT2D eigenvalue weighted by molar-refractivity contribution is 5.87. The van der Waals surface area contributed by atoms with Crippen LogP contribution < -0.4 is 4.90 Å². The van der Waals surface area contributed by atoms with E-state index in [1.165, 1.54) is 14.2 Å². The summed E-state index contributed by atoms with van der Waals surface area (Å²) >= 11 is 0. The second-order valence-corrected chi connectivity index (χ2v) is 6.98. The molecular formula is C21H25N5O4. The minimum absolute atomic E-state index is 0.252.